The van der Waals surface area contributed by atoms with Gasteiger partial charge in [0.05, 0.1) is 12.1 Å². The Balaban J connectivity index is 0.00000320. The molecule has 30 heavy (non-hydrogen) atoms. The number of benzene rings is 2. The van der Waals surface area contributed by atoms with Crippen LogP contribution in [0.3, 0.4) is 0 Å². The van der Waals surface area contributed by atoms with Crippen LogP contribution in [0.2, 0.25) is 0 Å². The lowest BCUT2D eigenvalue weighted by Gasteiger charge is -2.37. The summed E-state index contributed by atoms with van der Waals surface area (Å²) in [5.74, 6) is 0.304. The van der Waals surface area contributed by atoms with Gasteiger partial charge >= 0.3 is 6.18 Å². The van der Waals surface area contributed by atoms with Crippen LogP contribution in [0.1, 0.15) is 29.5 Å². The van der Waals surface area contributed by atoms with Gasteiger partial charge in [-0.05, 0) is 36.5 Å². The van der Waals surface area contributed by atoms with Gasteiger partial charge in [0.25, 0.3) is 0 Å². The van der Waals surface area contributed by atoms with Crippen molar-refractivity contribution < 1.29 is 17.9 Å². The summed E-state index contributed by atoms with van der Waals surface area (Å²) in [6.45, 7) is 1.95. The summed E-state index contributed by atoms with van der Waals surface area (Å²) < 4.78 is 45.0. The molecule has 2 aromatic carbocycles. The van der Waals surface area contributed by atoms with Gasteiger partial charge in [0.2, 0.25) is 0 Å². The van der Waals surface area contributed by atoms with Crippen LogP contribution in [-0.2, 0) is 22.7 Å². The molecule has 3 N–H and O–H groups in total. The average Bonchev–Trinajstić information content (AvgIpc) is 2.73. The number of guanidine groups is 1. The quantitative estimate of drug-likeness (QED) is 0.326. The number of rotatable bonds is 6. The Labute approximate surface area is 192 Å². The summed E-state index contributed by atoms with van der Waals surface area (Å²) in [5.41, 5.74) is 6.70. The van der Waals surface area contributed by atoms with Crippen molar-refractivity contribution in [1.29, 1.82) is 0 Å². The molecule has 4 nitrogen and oxygen atoms in total. The minimum atomic E-state index is -4.37. The summed E-state index contributed by atoms with van der Waals surface area (Å²) in [6.07, 6.45) is -2.35. The van der Waals surface area contributed by atoms with Gasteiger partial charge in [0.1, 0.15) is 0 Å². The Bertz CT molecular complexity index is 822. The van der Waals surface area contributed by atoms with E-state index in [1.54, 1.807) is 6.07 Å². The van der Waals surface area contributed by atoms with E-state index >= 15 is 0 Å². The third kappa shape index (κ3) is 6.60. The Kier molecular flexibility index (Phi) is 8.96. The summed E-state index contributed by atoms with van der Waals surface area (Å²) in [7, 11) is 0. The summed E-state index contributed by atoms with van der Waals surface area (Å²) in [4.78, 5) is 4.47. The maximum Gasteiger partial charge on any atom is 0.416 e. The Morgan fingerprint density at radius 1 is 1.07 bits per heavy atom. The molecule has 0 aliphatic carbocycles. The first-order chi connectivity index (χ1) is 13.9. The number of alkyl halides is 3. The van der Waals surface area contributed by atoms with Gasteiger partial charge in [-0.15, -0.1) is 24.0 Å². The molecule has 2 aromatic rings. The number of hydrogen-bond donors (Lipinski definition) is 2. The Morgan fingerprint density at radius 3 is 2.43 bits per heavy atom. The van der Waals surface area contributed by atoms with Gasteiger partial charge in [-0.25, -0.2) is 0 Å². The molecule has 8 heteroatoms. The highest BCUT2D eigenvalue weighted by Crippen LogP contribution is 2.38. The van der Waals surface area contributed by atoms with Crippen molar-refractivity contribution in [3.8, 4) is 0 Å². The fourth-order valence-corrected chi connectivity index (χ4v) is 3.60. The van der Waals surface area contributed by atoms with Crippen molar-refractivity contribution >= 4 is 29.9 Å². The van der Waals surface area contributed by atoms with Crippen molar-refractivity contribution in [3.63, 3.8) is 0 Å². The number of hydrogen-bond acceptors (Lipinski definition) is 2. The standard InChI is InChI=1S/C22H26F3N3O.HI/c23-22(24,25)19-8-4-7-18(15-19)21(10-13-29-14-11-21)16-28-20(26)27-12-9-17-5-2-1-3-6-17;/h1-8,15H,9-14,16H2,(H3,26,27,28);1H. The third-order valence-corrected chi connectivity index (χ3v) is 5.37. The topological polar surface area (TPSA) is 59.6 Å². The van der Waals surface area contributed by atoms with E-state index in [9.17, 15) is 13.2 Å². The van der Waals surface area contributed by atoms with Gasteiger partial charge in [0.15, 0.2) is 5.96 Å². The highest BCUT2D eigenvalue weighted by molar-refractivity contribution is 14.0. The number of halogens is 4. The second-order valence-corrected chi connectivity index (χ2v) is 7.34. The molecule has 0 aromatic heterocycles. The Morgan fingerprint density at radius 2 is 1.77 bits per heavy atom. The zero-order chi connectivity index (χ0) is 20.7. The molecule has 0 radical (unpaired) electrons. The normalized spacial score (nSPS) is 16.6. The molecule has 164 valence electrons. The fraction of sp³-hybridized carbons (Fsp3) is 0.409. The lowest BCUT2D eigenvalue weighted by molar-refractivity contribution is -0.137. The van der Waals surface area contributed by atoms with Crippen LogP contribution >= 0.6 is 24.0 Å². The lowest BCUT2D eigenvalue weighted by Crippen LogP contribution is -2.39. The third-order valence-electron chi connectivity index (χ3n) is 5.37. The Hall–Kier alpha value is -1.81. The second-order valence-electron chi connectivity index (χ2n) is 7.34. The maximum absolute atomic E-state index is 13.2. The number of nitrogens with zero attached hydrogens (tertiary/aromatic N) is 1. The van der Waals surface area contributed by atoms with E-state index in [0.29, 0.717) is 50.7 Å². The molecule has 1 saturated heterocycles. The van der Waals surface area contributed by atoms with Crippen LogP contribution in [0.25, 0.3) is 0 Å². The van der Waals surface area contributed by atoms with Crippen molar-refractivity contribution in [3.05, 3.63) is 71.3 Å². The number of aliphatic imine (C=N–C) groups is 1. The van der Waals surface area contributed by atoms with Gasteiger partial charge in [0, 0.05) is 25.2 Å². The molecule has 1 aliphatic rings. The van der Waals surface area contributed by atoms with Gasteiger partial charge < -0.3 is 15.8 Å². The minimum absolute atomic E-state index is 0. The van der Waals surface area contributed by atoms with Crippen LogP contribution in [-0.4, -0.2) is 32.3 Å². The van der Waals surface area contributed by atoms with E-state index in [4.69, 9.17) is 10.5 Å². The van der Waals surface area contributed by atoms with Crippen LogP contribution in [0.5, 0.6) is 0 Å². The van der Waals surface area contributed by atoms with Crippen molar-refractivity contribution in [2.24, 2.45) is 10.7 Å². The molecule has 0 spiro atoms. The molecule has 0 atom stereocenters. The number of nitrogens with two attached hydrogens (primary N) is 1. The smallest absolute Gasteiger partial charge is 0.381 e. The van der Waals surface area contributed by atoms with E-state index in [1.165, 1.54) is 17.7 Å². The van der Waals surface area contributed by atoms with Gasteiger partial charge in [-0.2, -0.15) is 13.2 Å². The minimum Gasteiger partial charge on any atom is -0.381 e. The average molecular weight is 533 g/mol. The maximum atomic E-state index is 13.2. The number of ether oxygens (including phenoxy) is 1. The van der Waals surface area contributed by atoms with E-state index in [0.717, 1.165) is 12.5 Å². The molecular weight excluding hydrogens is 506 g/mol. The van der Waals surface area contributed by atoms with Crippen molar-refractivity contribution in [2.45, 2.75) is 30.9 Å². The predicted octanol–water partition coefficient (Wildman–Crippen LogP) is 4.52. The van der Waals surface area contributed by atoms with Crippen LogP contribution < -0.4 is 11.1 Å². The highest BCUT2D eigenvalue weighted by atomic mass is 127. The first-order valence-electron chi connectivity index (χ1n) is 9.72. The zero-order valence-electron chi connectivity index (χ0n) is 16.6. The summed E-state index contributed by atoms with van der Waals surface area (Å²) >= 11 is 0. The molecular formula is C22H27F3IN3O. The van der Waals surface area contributed by atoms with Crippen LogP contribution in [0, 0.1) is 0 Å². The molecule has 1 heterocycles. The summed E-state index contributed by atoms with van der Waals surface area (Å²) in [5, 5.41) is 3.09. The highest BCUT2D eigenvalue weighted by Gasteiger charge is 2.37. The van der Waals surface area contributed by atoms with Gasteiger partial charge in [-0.3, -0.25) is 4.99 Å². The first-order valence-corrected chi connectivity index (χ1v) is 9.72. The predicted molar refractivity (Wildman–Crippen MR) is 123 cm³/mol. The molecule has 1 fully saturated rings. The van der Waals surface area contributed by atoms with Gasteiger partial charge in [-0.1, -0.05) is 48.5 Å². The van der Waals surface area contributed by atoms with E-state index in [2.05, 4.69) is 10.3 Å². The second kappa shape index (κ2) is 11.0. The van der Waals surface area contributed by atoms with Crippen LogP contribution in [0.4, 0.5) is 13.2 Å². The van der Waals surface area contributed by atoms with Crippen molar-refractivity contribution in [2.75, 3.05) is 26.3 Å². The fourth-order valence-electron chi connectivity index (χ4n) is 3.60. The van der Waals surface area contributed by atoms with Crippen LogP contribution in [0.15, 0.2) is 59.6 Å². The van der Waals surface area contributed by atoms with E-state index < -0.39 is 17.2 Å². The van der Waals surface area contributed by atoms with E-state index in [-0.39, 0.29) is 24.0 Å². The molecule has 0 saturated carbocycles. The summed E-state index contributed by atoms with van der Waals surface area (Å²) in [6, 6.07) is 15.6. The molecule has 0 bridgehead atoms. The zero-order valence-corrected chi connectivity index (χ0v) is 19.0. The SMILES string of the molecule is I.NC(=NCC1(c2cccc(C(F)(F)F)c2)CCOCC1)NCCc1ccccc1. The molecule has 0 amide bonds. The number of nitrogens with one attached hydrogen (secondary N) is 1. The largest absolute Gasteiger partial charge is 0.416 e. The first kappa shape index (κ1) is 24.5. The molecule has 3 rings (SSSR count). The van der Waals surface area contributed by atoms with Crippen molar-refractivity contribution in [1.82, 2.24) is 5.32 Å². The monoisotopic (exact) mass is 533 g/mol. The molecule has 1 aliphatic heterocycles. The molecule has 0 unspecified atom stereocenters. The lowest BCUT2D eigenvalue weighted by atomic mass is 9.74. The van der Waals surface area contributed by atoms with E-state index in [1.807, 2.05) is 30.3 Å².